The zero-order chi connectivity index (χ0) is 23.4. The summed E-state index contributed by atoms with van der Waals surface area (Å²) >= 11 is 0. The molecule has 2 aliphatic rings. The van der Waals surface area contributed by atoms with Crippen molar-refractivity contribution in [3.05, 3.63) is 70.0 Å². The summed E-state index contributed by atoms with van der Waals surface area (Å²) in [6.45, 7) is 4.25. The van der Waals surface area contributed by atoms with Gasteiger partial charge in [-0.2, -0.15) is 5.26 Å². The van der Waals surface area contributed by atoms with Gasteiger partial charge in [-0.15, -0.1) is 0 Å². The second-order valence-electron chi connectivity index (χ2n) is 7.90. The number of hydrogen-bond donors (Lipinski definition) is 2. The van der Waals surface area contributed by atoms with Crippen LogP contribution in [-0.2, 0) is 11.3 Å². The Labute approximate surface area is 192 Å². The van der Waals surface area contributed by atoms with Crippen molar-refractivity contribution in [1.29, 1.82) is 5.26 Å². The van der Waals surface area contributed by atoms with Crippen LogP contribution >= 0.6 is 0 Å². The fraction of sp³-hybridized carbons (Fsp3) is 0.280. The van der Waals surface area contributed by atoms with E-state index in [1.54, 1.807) is 12.1 Å². The lowest BCUT2D eigenvalue weighted by molar-refractivity contribution is 0.0958. The van der Waals surface area contributed by atoms with Crippen molar-refractivity contribution in [3.8, 4) is 6.07 Å². The molecule has 2 aromatic rings. The van der Waals surface area contributed by atoms with E-state index in [0.29, 0.717) is 5.70 Å². The number of pyridine rings is 2. The van der Waals surface area contributed by atoms with Crippen molar-refractivity contribution in [2.75, 3.05) is 25.5 Å². The first-order valence-corrected chi connectivity index (χ1v) is 10.8. The number of aromatic nitrogens is 2. The molecule has 0 aromatic carbocycles. The molecular formula is C25H24N6O2. The number of carbonyl (C=O) groups excluding carboxylic acids is 2. The van der Waals surface area contributed by atoms with E-state index < -0.39 is 0 Å². The third-order valence-corrected chi connectivity index (χ3v) is 5.86. The highest BCUT2D eigenvalue weighted by molar-refractivity contribution is 5.92. The summed E-state index contributed by atoms with van der Waals surface area (Å²) < 4.78 is 0. The second-order valence-corrected chi connectivity index (χ2v) is 7.90. The van der Waals surface area contributed by atoms with Gasteiger partial charge >= 0.3 is 0 Å². The lowest BCUT2D eigenvalue weighted by Gasteiger charge is -2.27. The number of hydrogen-bond acceptors (Lipinski definition) is 7. The quantitative estimate of drug-likeness (QED) is 0.688. The molecule has 0 atom stereocenters. The van der Waals surface area contributed by atoms with Crippen LogP contribution in [0.25, 0.3) is 11.6 Å². The lowest BCUT2D eigenvalue weighted by atomic mass is 9.97. The molecule has 0 aliphatic carbocycles. The van der Waals surface area contributed by atoms with Crippen LogP contribution in [0.4, 0.5) is 5.69 Å². The van der Waals surface area contributed by atoms with E-state index >= 15 is 0 Å². The molecule has 0 saturated heterocycles. The number of amides is 1. The van der Waals surface area contributed by atoms with Gasteiger partial charge < -0.3 is 10.6 Å². The molecule has 2 N–H and O–H groups in total. The van der Waals surface area contributed by atoms with Crippen LogP contribution in [0.2, 0.25) is 0 Å². The molecule has 33 heavy (non-hydrogen) atoms. The minimum atomic E-state index is -0.313. The van der Waals surface area contributed by atoms with Crippen molar-refractivity contribution in [1.82, 2.24) is 20.2 Å². The maximum Gasteiger partial charge on any atom is 0.269 e. The number of anilines is 1. The van der Waals surface area contributed by atoms with Gasteiger partial charge in [0.2, 0.25) is 0 Å². The summed E-state index contributed by atoms with van der Waals surface area (Å²) in [6.07, 6.45) is 7.41. The van der Waals surface area contributed by atoms with Crippen molar-refractivity contribution < 1.29 is 9.59 Å². The summed E-state index contributed by atoms with van der Waals surface area (Å²) in [4.78, 5) is 34.1. The van der Waals surface area contributed by atoms with Crippen molar-refractivity contribution in [3.63, 3.8) is 0 Å². The molecule has 0 bridgehead atoms. The van der Waals surface area contributed by atoms with Crippen molar-refractivity contribution >= 4 is 29.2 Å². The zero-order valence-electron chi connectivity index (χ0n) is 18.6. The van der Waals surface area contributed by atoms with Gasteiger partial charge in [-0.05, 0) is 53.8 Å². The predicted molar refractivity (Wildman–Crippen MR) is 126 cm³/mol. The van der Waals surface area contributed by atoms with Gasteiger partial charge in [0.25, 0.3) is 5.91 Å². The first kappa shape index (κ1) is 22.2. The van der Waals surface area contributed by atoms with Gasteiger partial charge in [-0.1, -0.05) is 13.0 Å². The number of nitriles is 1. The Morgan fingerprint density at radius 2 is 2.21 bits per heavy atom. The van der Waals surface area contributed by atoms with E-state index in [4.69, 9.17) is 0 Å². The van der Waals surface area contributed by atoms with Crippen molar-refractivity contribution in [2.24, 2.45) is 0 Å². The standard InChI is InChI=1S/C25H24N6O2/c1-3-17-11-21-22(30-24(17)15-32)10-16(13-28-21)14-31-8-6-18(7-9-31)19-4-5-20(25(33)27-2)29-23(19)12-26/h4-6,10-11,13,30H,3,7-9,14H2,1-2H3,(H,27,33). The van der Waals surface area contributed by atoms with E-state index in [1.165, 1.54) is 7.05 Å². The van der Waals surface area contributed by atoms with Crippen LogP contribution in [0, 0.1) is 11.3 Å². The minimum Gasteiger partial charge on any atom is -0.354 e. The predicted octanol–water partition coefficient (Wildman–Crippen LogP) is 2.93. The van der Waals surface area contributed by atoms with Crippen LogP contribution in [0.3, 0.4) is 0 Å². The number of carbonyl (C=O) groups is 1. The third-order valence-electron chi connectivity index (χ3n) is 5.86. The molecule has 8 nitrogen and oxygen atoms in total. The molecule has 166 valence electrons. The first-order valence-electron chi connectivity index (χ1n) is 10.8. The Morgan fingerprint density at radius 3 is 2.88 bits per heavy atom. The summed E-state index contributed by atoms with van der Waals surface area (Å²) in [5.74, 6) is 1.67. The number of nitrogens with zero attached hydrogens (tertiary/aromatic N) is 4. The maximum absolute atomic E-state index is 11.8. The first-order chi connectivity index (χ1) is 16.1. The van der Waals surface area contributed by atoms with E-state index in [2.05, 4.69) is 37.6 Å². The van der Waals surface area contributed by atoms with Gasteiger partial charge in [0.05, 0.1) is 11.4 Å². The van der Waals surface area contributed by atoms with Gasteiger partial charge in [0, 0.05) is 38.4 Å². The largest absolute Gasteiger partial charge is 0.354 e. The zero-order valence-corrected chi connectivity index (χ0v) is 18.6. The Balaban J connectivity index is 1.48. The molecule has 4 rings (SSSR count). The normalized spacial score (nSPS) is 15.4. The molecule has 0 saturated carbocycles. The second kappa shape index (κ2) is 9.61. The number of allylic oxidation sites excluding steroid dienone is 1. The molecule has 0 fully saturated rings. The molecule has 0 spiro atoms. The highest BCUT2D eigenvalue weighted by Gasteiger charge is 2.20. The monoisotopic (exact) mass is 440 g/mol. The maximum atomic E-state index is 11.8. The summed E-state index contributed by atoms with van der Waals surface area (Å²) in [5, 5.41) is 15.2. The Kier molecular flexibility index (Phi) is 6.45. The number of rotatable bonds is 5. The van der Waals surface area contributed by atoms with Crippen LogP contribution in [0.5, 0.6) is 0 Å². The van der Waals surface area contributed by atoms with Crippen LogP contribution in [0.1, 0.15) is 52.8 Å². The lowest BCUT2D eigenvalue weighted by Crippen LogP contribution is -2.28. The molecule has 8 heteroatoms. The van der Waals surface area contributed by atoms with Gasteiger partial charge in [-0.3, -0.25) is 14.7 Å². The molecule has 0 unspecified atom stereocenters. The van der Waals surface area contributed by atoms with Crippen LogP contribution in [-0.4, -0.2) is 46.9 Å². The smallest absolute Gasteiger partial charge is 0.269 e. The van der Waals surface area contributed by atoms with Gasteiger partial charge in [0.15, 0.2) is 5.94 Å². The average molecular weight is 441 g/mol. The highest BCUT2D eigenvalue weighted by atomic mass is 16.1. The Hall–Kier alpha value is -4.05. The summed E-state index contributed by atoms with van der Waals surface area (Å²) in [5.41, 5.74) is 6.39. The molecule has 0 radical (unpaired) electrons. The van der Waals surface area contributed by atoms with Crippen molar-refractivity contribution in [2.45, 2.75) is 26.3 Å². The highest BCUT2D eigenvalue weighted by Crippen LogP contribution is 2.30. The van der Waals surface area contributed by atoms with Crippen LogP contribution in [0.15, 0.2) is 41.7 Å². The van der Waals surface area contributed by atoms with Crippen LogP contribution < -0.4 is 10.6 Å². The summed E-state index contributed by atoms with van der Waals surface area (Å²) in [6, 6.07) is 7.58. The SMILES string of the molecule is CCC1=Cc2ncc(CN3CC=C(c4ccc(C(=O)NC)nc4C#N)CC3)cc2NC1=C=O. The fourth-order valence-electron chi connectivity index (χ4n) is 4.06. The topological polar surface area (TPSA) is 111 Å². The third kappa shape index (κ3) is 4.60. The van der Waals surface area contributed by atoms with Gasteiger partial charge in [-0.25, -0.2) is 9.78 Å². The molecule has 2 aromatic heterocycles. The van der Waals surface area contributed by atoms with Gasteiger partial charge in [0.1, 0.15) is 23.2 Å². The summed E-state index contributed by atoms with van der Waals surface area (Å²) in [7, 11) is 1.54. The average Bonchev–Trinajstić information content (AvgIpc) is 2.87. The number of nitrogens with one attached hydrogen (secondary N) is 2. The minimum absolute atomic E-state index is 0.234. The molecule has 4 heterocycles. The van der Waals surface area contributed by atoms with E-state index in [9.17, 15) is 14.9 Å². The Morgan fingerprint density at radius 1 is 1.36 bits per heavy atom. The number of fused-ring (bicyclic) bond motifs is 1. The Bertz CT molecular complexity index is 1260. The molecule has 2 aliphatic heterocycles. The van der Waals surface area contributed by atoms with E-state index in [-0.39, 0.29) is 17.3 Å². The molecular weight excluding hydrogens is 416 g/mol. The van der Waals surface area contributed by atoms with E-state index in [1.807, 2.05) is 31.2 Å². The fourth-order valence-corrected chi connectivity index (χ4v) is 4.06. The molecule has 1 amide bonds. The van der Waals surface area contributed by atoms with E-state index in [0.717, 1.165) is 66.1 Å².